The van der Waals surface area contributed by atoms with Gasteiger partial charge in [0.1, 0.15) is 12.7 Å². The van der Waals surface area contributed by atoms with Crippen LogP contribution in [0.1, 0.15) is 43.9 Å². The lowest BCUT2D eigenvalue weighted by Gasteiger charge is -2.36. The van der Waals surface area contributed by atoms with Gasteiger partial charge in [-0.25, -0.2) is 14.1 Å². The number of hydrogen-bond acceptors (Lipinski definition) is 5. The van der Waals surface area contributed by atoms with E-state index >= 15 is 0 Å². The highest BCUT2D eigenvalue weighted by Gasteiger charge is 2.45. The van der Waals surface area contributed by atoms with Gasteiger partial charge in [-0.3, -0.25) is 0 Å². The van der Waals surface area contributed by atoms with E-state index in [1.54, 1.807) is 28.8 Å². The van der Waals surface area contributed by atoms with Gasteiger partial charge >= 0.3 is 12.1 Å². The van der Waals surface area contributed by atoms with Gasteiger partial charge in [-0.2, -0.15) is 10.4 Å². The molecule has 2 heterocycles. The standard InChI is InChI=1S/C27H26N4O4/c1-26(2,3)17-27(24(32)33,30-25(34)35-16-18-7-5-4-6-8-18)21-10-12-22-19(13-21)9-11-23-20(14-28)15-29-31(22)23/h4-13,15H,16-17H2,1-3H3,(H,30,34)(H,32,33). The lowest BCUT2D eigenvalue weighted by atomic mass is 9.75. The van der Waals surface area contributed by atoms with Crippen molar-refractivity contribution in [3.05, 3.63) is 83.6 Å². The molecule has 2 N–H and O–H groups in total. The number of nitrogens with one attached hydrogen (secondary N) is 1. The fourth-order valence-corrected chi connectivity index (χ4v) is 4.31. The zero-order valence-corrected chi connectivity index (χ0v) is 19.8. The molecule has 178 valence electrons. The van der Waals surface area contributed by atoms with E-state index in [1.165, 1.54) is 6.20 Å². The lowest BCUT2D eigenvalue weighted by Crippen LogP contribution is -2.54. The molecule has 1 atom stereocenters. The number of fused-ring (bicyclic) bond motifs is 3. The quantitative estimate of drug-likeness (QED) is 0.409. The lowest BCUT2D eigenvalue weighted by molar-refractivity contribution is -0.146. The number of amides is 1. The summed E-state index contributed by atoms with van der Waals surface area (Å²) in [4.78, 5) is 25.6. The number of nitrogens with zero attached hydrogens (tertiary/aromatic N) is 3. The number of carboxylic acids is 1. The Bertz CT molecular complexity index is 1450. The number of rotatable bonds is 6. The number of carboxylic acid groups (broad SMARTS) is 1. The first-order chi connectivity index (χ1) is 16.6. The molecule has 0 saturated carbocycles. The predicted octanol–water partition coefficient (Wildman–Crippen LogP) is 5.00. The Morgan fingerprint density at radius 2 is 1.80 bits per heavy atom. The van der Waals surface area contributed by atoms with Crippen molar-refractivity contribution in [2.75, 3.05) is 0 Å². The number of carbonyl (C=O) groups is 2. The van der Waals surface area contributed by atoms with Gasteiger partial charge in [0.2, 0.25) is 0 Å². The second-order valence-corrected chi connectivity index (χ2v) is 9.71. The molecule has 0 aliphatic rings. The second kappa shape index (κ2) is 9.11. The molecule has 0 radical (unpaired) electrons. The van der Waals surface area contributed by atoms with Crippen LogP contribution in [0.25, 0.3) is 16.4 Å². The molecule has 0 aliphatic carbocycles. The van der Waals surface area contributed by atoms with Crippen molar-refractivity contribution in [3.63, 3.8) is 0 Å². The third-order valence-electron chi connectivity index (χ3n) is 5.78. The highest BCUT2D eigenvalue weighted by atomic mass is 16.5. The topological polar surface area (TPSA) is 117 Å². The fraction of sp³-hybridized carbons (Fsp3) is 0.259. The van der Waals surface area contributed by atoms with Gasteiger partial charge in [-0.1, -0.05) is 63.2 Å². The molecule has 0 aliphatic heterocycles. The van der Waals surface area contributed by atoms with E-state index in [2.05, 4.69) is 16.5 Å². The summed E-state index contributed by atoms with van der Waals surface area (Å²) in [5.74, 6) is -1.18. The predicted molar refractivity (Wildman–Crippen MR) is 131 cm³/mol. The van der Waals surface area contributed by atoms with E-state index in [4.69, 9.17) is 4.74 Å². The number of carbonyl (C=O) groups excluding carboxylic acids is 1. The summed E-state index contributed by atoms with van der Waals surface area (Å²) >= 11 is 0. The number of alkyl carbamates (subject to hydrolysis) is 1. The van der Waals surface area contributed by atoms with Crippen molar-refractivity contribution in [2.45, 2.75) is 39.3 Å². The van der Waals surface area contributed by atoms with Crippen molar-refractivity contribution in [1.82, 2.24) is 14.9 Å². The van der Waals surface area contributed by atoms with Crippen molar-refractivity contribution >= 4 is 28.5 Å². The Balaban J connectivity index is 1.75. The minimum atomic E-state index is -1.73. The largest absolute Gasteiger partial charge is 0.479 e. The van der Waals surface area contributed by atoms with Crippen LogP contribution < -0.4 is 5.32 Å². The Hall–Kier alpha value is -4.38. The number of aliphatic carboxylic acids is 1. The summed E-state index contributed by atoms with van der Waals surface area (Å²) in [7, 11) is 0. The van der Waals surface area contributed by atoms with Gasteiger partial charge in [0.05, 0.1) is 22.8 Å². The Labute approximate surface area is 202 Å². The van der Waals surface area contributed by atoms with Crippen LogP contribution in [-0.4, -0.2) is 26.8 Å². The average molecular weight is 471 g/mol. The van der Waals surface area contributed by atoms with Crippen LogP contribution in [0.4, 0.5) is 4.79 Å². The summed E-state index contributed by atoms with van der Waals surface area (Å²) in [5.41, 5.74) is 0.877. The van der Waals surface area contributed by atoms with Crippen LogP contribution >= 0.6 is 0 Å². The molecule has 2 aromatic heterocycles. The van der Waals surface area contributed by atoms with Gasteiger partial charge < -0.3 is 15.2 Å². The van der Waals surface area contributed by atoms with E-state index in [9.17, 15) is 20.0 Å². The van der Waals surface area contributed by atoms with E-state index in [1.807, 2.05) is 57.2 Å². The second-order valence-electron chi connectivity index (χ2n) is 9.71. The van der Waals surface area contributed by atoms with Crippen LogP contribution in [0.2, 0.25) is 0 Å². The highest BCUT2D eigenvalue weighted by molar-refractivity contribution is 5.90. The summed E-state index contributed by atoms with van der Waals surface area (Å²) < 4.78 is 7.02. The van der Waals surface area contributed by atoms with Gasteiger partial charge in [-0.15, -0.1) is 0 Å². The zero-order chi connectivity index (χ0) is 25.2. The van der Waals surface area contributed by atoms with Crippen molar-refractivity contribution in [1.29, 1.82) is 5.26 Å². The number of nitriles is 1. The van der Waals surface area contributed by atoms with Gasteiger partial charge in [0.15, 0.2) is 5.54 Å². The van der Waals surface area contributed by atoms with Crippen LogP contribution in [0.5, 0.6) is 0 Å². The van der Waals surface area contributed by atoms with Crippen LogP contribution in [-0.2, 0) is 21.7 Å². The summed E-state index contributed by atoms with van der Waals surface area (Å²) in [6.07, 6.45) is 0.805. The number of hydrogen-bond donors (Lipinski definition) is 2. The maximum Gasteiger partial charge on any atom is 0.408 e. The number of benzene rings is 2. The molecular weight excluding hydrogens is 444 g/mol. The smallest absolute Gasteiger partial charge is 0.408 e. The number of pyridine rings is 1. The normalized spacial score (nSPS) is 13.2. The van der Waals surface area contributed by atoms with Gasteiger partial charge in [0, 0.05) is 5.39 Å². The summed E-state index contributed by atoms with van der Waals surface area (Å²) in [6, 6.07) is 20.0. The Morgan fingerprint density at radius 3 is 2.46 bits per heavy atom. The average Bonchev–Trinajstić information content (AvgIpc) is 3.25. The maximum absolute atomic E-state index is 12.8. The van der Waals surface area contributed by atoms with Gasteiger partial charge in [0.25, 0.3) is 0 Å². The zero-order valence-electron chi connectivity index (χ0n) is 19.8. The summed E-state index contributed by atoms with van der Waals surface area (Å²) in [5, 5.41) is 27.4. The van der Waals surface area contributed by atoms with Crippen molar-refractivity contribution < 1.29 is 19.4 Å². The Kier molecular flexibility index (Phi) is 6.18. The highest BCUT2D eigenvalue weighted by Crippen LogP contribution is 2.37. The Morgan fingerprint density at radius 1 is 1.09 bits per heavy atom. The SMILES string of the molecule is CC(C)(C)CC(NC(=O)OCc1ccccc1)(C(=O)O)c1ccc2c(ccc3c(C#N)cnn32)c1. The molecule has 1 amide bonds. The summed E-state index contributed by atoms with van der Waals surface area (Å²) in [6.45, 7) is 5.77. The van der Waals surface area contributed by atoms with Crippen LogP contribution in [0.15, 0.2) is 66.9 Å². The van der Waals surface area contributed by atoms with E-state index < -0.39 is 23.0 Å². The monoisotopic (exact) mass is 470 g/mol. The molecule has 0 saturated heterocycles. The molecule has 35 heavy (non-hydrogen) atoms. The van der Waals surface area contributed by atoms with Gasteiger partial charge in [-0.05, 0) is 41.2 Å². The molecule has 1 unspecified atom stereocenters. The molecule has 0 spiro atoms. The third kappa shape index (κ3) is 4.80. The first kappa shape index (κ1) is 23.8. The maximum atomic E-state index is 12.8. The van der Waals surface area contributed by atoms with E-state index in [-0.39, 0.29) is 13.0 Å². The molecule has 4 aromatic rings. The minimum Gasteiger partial charge on any atom is -0.479 e. The fourth-order valence-electron chi connectivity index (χ4n) is 4.31. The van der Waals surface area contributed by atoms with Crippen LogP contribution in [0.3, 0.4) is 0 Å². The molecule has 8 nitrogen and oxygen atoms in total. The van der Waals surface area contributed by atoms with Crippen molar-refractivity contribution in [3.8, 4) is 6.07 Å². The third-order valence-corrected chi connectivity index (χ3v) is 5.78. The molecule has 0 bridgehead atoms. The molecule has 4 rings (SSSR count). The first-order valence-corrected chi connectivity index (χ1v) is 11.2. The molecule has 0 fully saturated rings. The van der Waals surface area contributed by atoms with Crippen LogP contribution in [0, 0.1) is 16.7 Å². The minimum absolute atomic E-state index is 0.0219. The van der Waals surface area contributed by atoms with E-state index in [0.717, 1.165) is 16.5 Å². The molecule has 2 aromatic carbocycles. The number of aromatic nitrogens is 2. The molecule has 8 heteroatoms. The van der Waals surface area contributed by atoms with Crippen molar-refractivity contribution in [2.24, 2.45) is 5.41 Å². The van der Waals surface area contributed by atoms with E-state index in [0.29, 0.717) is 16.6 Å². The molecular formula is C27H26N4O4. The first-order valence-electron chi connectivity index (χ1n) is 11.2. The number of ether oxygens (including phenoxy) is 1.